The molecule has 0 aliphatic carbocycles. The molecular formula is C11H16O3. The molecule has 1 rings (SSSR count). The van der Waals surface area contributed by atoms with Gasteiger partial charge in [0.2, 0.25) is 0 Å². The SMILES string of the molecule is Cc1c(O)cc(C[C@@H](C)O)c(C)c1O. The van der Waals surface area contributed by atoms with Crippen molar-refractivity contribution in [1.82, 2.24) is 0 Å². The van der Waals surface area contributed by atoms with Gasteiger partial charge in [-0.1, -0.05) is 0 Å². The second kappa shape index (κ2) is 3.88. The van der Waals surface area contributed by atoms with Crippen molar-refractivity contribution < 1.29 is 15.3 Å². The molecule has 0 amide bonds. The first-order chi connectivity index (χ1) is 6.43. The number of hydrogen-bond acceptors (Lipinski definition) is 3. The molecule has 3 heteroatoms. The third-order valence-electron chi connectivity index (χ3n) is 2.40. The summed E-state index contributed by atoms with van der Waals surface area (Å²) >= 11 is 0. The molecule has 0 radical (unpaired) electrons. The van der Waals surface area contributed by atoms with Gasteiger partial charge in [-0.2, -0.15) is 0 Å². The van der Waals surface area contributed by atoms with Crippen molar-refractivity contribution >= 4 is 0 Å². The Hall–Kier alpha value is -1.22. The van der Waals surface area contributed by atoms with Gasteiger partial charge < -0.3 is 15.3 Å². The van der Waals surface area contributed by atoms with Crippen LogP contribution < -0.4 is 0 Å². The average Bonchev–Trinajstić information content (AvgIpc) is 2.10. The van der Waals surface area contributed by atoms with Crippen LogP contribution in [0.2, 0.25) is 0 Å². The fourth-order valence-corrected chi connectivity index (χ4v) is 1.47. The van der Waals surface area contributed by atoms with Gasteiger partial charge in [0.05, 0.1) is 6.10 Å². The van der Waals surface area contributed by atoms with Gasteiger partial charge >= 0.3 is 0 Å². The first-order valence-electron chi connectivity index (χ1n) is 4.62. The zero-order valence-electron chi connectivity index (χ0n) is 8.70. The van der Waals surface area contributed by atoms with Crippen LogP contribution in [0.25, 0.3) is 0 Å². The molecule has 1 aromatic rings. The molecule has 0 saturated heterocycles. The predicted octanol–water partition coefficient (Wildman–Crippen LogP) is 1.64. The van der Waals surface area contributed by atoms with Crippen LogP contribution in [0.1, 0.15) is 23.6 Å². The summed E-state index contributed by atoms with van der Waals surface area (Å²) in [5, 5.41) is 28.3. The van der Waals surface area contributed by atoms with Crippen LogP contribution in [0, 0.1) is 13.8 Å². The Kier molecular flexibility index (Phi) is 3.01. The highest BCUT2D eigenvalue weighted by molar-refractivity contribution is 5.51. The Labute approximate surface area is 83.6 Å². The zero-order chi connectivity index (χ0) is 10.9. The van der Waals surface area contributed by atoms with E-state index in [-0.39, 0.29) is 11.5 Å². The van der Waals surface area contributed by atoms with Gasteiger partial charge in [0, 0.05) is 5.56 Å². The quantitative estimate of drug-likeness (QED) is 0.673. The molecule has 0 aromatic heterocycles. The Morgan fingerprint density at radius 1 is 1.21 bits per heavy atom. The van der Waals surface area contributed by atoms with Crippen molar-refractivity contribution in [2.24, 2.45) is 0 Å². The smallest absolute Gasteiger partial charge is 0.125 e. The maximum Gasteiger partial charge on any atom is 0.125 e. The molecule has 1 atom stereocenters. The molecule has 0 spiro atoms. The van der Waals surface area contributed by atoms with E-state index in [1.54, 1.807) is 26.8 Å². The predicted molar refractivity (Wildman–Crippen MR) is 54.6 cm³/mol. The van der Waals surface area contributed by atoms with Crippen molar-refractivity contribution in [2.45, 2.75) is 33.3 Å². The molecule has 0 saturated carbocycles. The summed E-state index contributed by atoms with van der Waals surface area (Å²) in [5.41, 5.74) is 1.98. The monoisotopic (exact) mass is 196 g/mol. The normalized spacial score (nSPS) is 12.9. The number of phenolic OH excluding ortho intramolecular Hbond substituents is 2. The van der Waals surface area contributed by atoms with Gasteiger partial charge in [0.15, 0.2) is 0 Å². The van der Waals surface area contributed by atoms with Crippen LogP contribution in [0.5, 0.6) is 11.5 Å². The van der Waals surface area contributed by atoms with E-state index >= 15 is 0 Å². The van der Waals surface area contributed by atoms with E-state index in [1.165, 1.54) is 0 Å². The van der Waals surface area contributed by atoms with Gasteiger partial charge in [0.25, 0.3) is 0 Å². The topological polar surface area (TPSA) is 60.7 Å². The molecular weight excluding hydrogens is 180 g/mol. The number of aliphatic hydroxyl groups is 1. The van der Waals surface area contributed by atoms with Crippen LogP contribution >= 0.6 is 0 Å². The number of aliphatic hydroxyl groups excluding tert-OH is 1. The van der Waals surface area contributed by atoms with E-state index in [0.717, 1.165) is 11.1 Å². The fraction of sp³-hybridized carbons (Fsp3) is 0.455. The lowest BCUT2D eigenvalue weighted by atomic mass is 9.99. The van der Waals surface area contributed by atoms with Crippen LogP contribution in [-0.4, -0.2) is 21.4 Å². The summed E-state index contributed by atoms with van der Waals surface area (Å²) in [7, 11) is 0. The van der Waals surface area contributed by atoms with Crippen LogP contribution in [0.15, 0.2) is 6.07 Å². The second-order valence-corrected chi connectivity index (χ2v) is 3.71. The van der Waals surface area contributed by atoms with Crippen LogP contribution in [-0.2, 0) is 6.42 Å². The van der Waals surface area contributed by atoms with Gasteiger partial charge in [-0.05, 0) is 44.4 Å². The molecule has 3 nitrogen and oxygen atoms in total. The first-order valence-corrected chi connectivity index (χ1v) is 4.62. The third-order valence-corrected chi connectivity index (χ3v) is 2.40. The number of benzene rings is 1. The van der Waals surface area contributed by atoms with Crippen molar-refractivity contribution in [2.75, 3.05) is 0 Å². The van der Waals surface area contributed by atoms with E-state index in [9.17, 15) is 15.3 Å². The van der Waals surface area contributed by atoms with Gasteiger partial charge in [-0.3, -0.25) is 0 Å². The summed E-state index contributed by atoms with van der Waals surface area (Å²) in [6.07, 6.45) is -0.0389. The minimum Gasteiger partial charge on any atom is -0.508 e. The molecule has 0 fully saturated rings. The van der Waals surface area contributed by atoms with E-state index in [2.05, 4.69) is 0 Å². The number of rotatable bonds is 2. The van der Waals surface area contributed by atoms with E-state index in [1.807, 2.05) is 0 Å². The number of phenols is 2. The first kappa shape index (κ1) is 10.9. The molecule has 3 N–H and O–H groups in total. The molecule has 78 valence electrons. The Bertz CT molecular complexity index is 343. The number of hydrogen-bond donors (Lipinski definition) is 3. The van der Waals surface area contributed by atoms with Crippen molar-refractivity contribution in [3.8, 4) is 11.5 Å². The summed E-state index contributed by atoms with van der Waals surface area (Å²) < 4.78 is 0. The highest BCUT2D eigenvalue weighted by Gasteiger charge is 2.12. The van der Waals surface area contributed by atoms with Crippen molar-refractivity contribution in [1.29, 1.82) is 0 Å². The highest BCUT2D eigenvalue weighted by Crippen LogP contribution is 2.32. The lowest BCUT2D eigenvalue weighted by Gasteiger charge is -2.12. The fourth-order valence-electron chi connectivity index (χ4n) is 1.47. The standard InChI is InChI=1S/C11H16O3/c1-6(12)4-9-5-10(13)8(3)11(14)7(9)2/h5-6,12-14H,4H2,1-3H3/t6-/m1/s1. The maximum absolute atomic E-state index is 9.64. The summed E-state index contributed by atoms with van der Waals surface area (Å²) in [4.78, 5) is 0. The molecule has 0 aliphatic rings. The summed E-state index contributed by atoms with van der Waals surface area (Å²) in [5.74, 6) is 0.185. The van der Waals surface area contributed by atoms with E-state index < -0.39 is 6.10 Å². The van der Waals surface area contributed by atoms with Gasteiger partial charge in [0.1, 0.15) is 11.5 Å². The van der Waals surface area contributed by atoms with Gasteiger partial charge in [-0.25, -0.2) is 0 Å². The molecule has 0 bridgehead atoms. The van der Waals surface area contributed by atoms with E-state index in [0.29, 0.717) is 12.0 Å². The van der Waals surface area contributed by atoms with Crippen molar-refractivity contribution in [3.63, 3.8) is 0 Å². The molecule has 14 heavy (non-hydrogen) atoms. The lowest BCUT2D eigenvalue weighted by Crippen LogP contribution is -2.06. The molecule has 0 heterocycles. The molecule has 1 aromatic carbocycles. The Balaban J connectivity index is 3.19. The second-order valence-electron chi connectivity index (χ2n) is 3.71. The Morgan fingerprint density at radius 2 is 1.79 bits per heavy atom. The minimum atomic E-state index is -0.477. The Morgan fingerprint density at radius 3 is 2.29 bits per heavy atom. The minimum absolute atomic E-state index is 0.0729. The highest BCUT2D eigenvalue weighted by atomic mass is 16.3. The van der Waals surface area contributed by atoms with Crippen LogP contribution in [0.3, 0.4) is 0 Å². The average molecular weight is 196 g/mol. The molecule has 0 aliphatic heterocycles. The summed E-state index contributed by atoms with van der Waals surface area (Å²) in [6.45, 7) is 5.11. The van der Waals surface area contributed by atoms with E-state index in [4.69, 9.17) is 0 Å². The largest absolute Gasteiger partial charge is 0.508 e. The summed E-state index contributed by atoms with van der Waals surface area (Å²) in [6, 6.07) is 1.59. The van der Waals surface area contributed by atoms with Crippen LogP contribution in [0.4, 0.5) is 0 Å². The lowest BCUT2D eigenvalue weighted by molar-refractivity contribution is 0.195. The zero-order valence-corrected chi connectivity index (χ0v) is 8.70. The van der Waals surface area contributed by atoms with Crippen molar-refractivity contribution in [3.05, 3.63) is 22.8 Å². The number of aromatic hydroxyl groups is 2. The maximum atomic E-state index is 9.64. The van der Waals surface area contributed by atoms with Gasteiger partial charge in [-0.15, -0.1) is 0 Å². The third kappa shape index (κ3) is 1.99. The molecule has 0 unspecified atom stereocenters.